The van der Waals surface area contributed by atoms with Gasteiger partial charge in [0.2, 0.25) is 0 Å². The van der Waals surface area contributed by atoms with Crippen LogP contribution in [0.4, 0.5) is 4.39 Å². The van der Waals surface area contributed by atoms with Gasteiger partial charge in [0.1, 0.15) is 12.4 Å². The van der Waals surface area contributed by atoms with Crippen molar-refractivity contribution in [3.63, 3.8) is 0 Å². The number of hydrogen-bond donors (Lipinski definition) is 1. The van der Waals surface area contributed by atoms with Crippen LogP contribution in [-0.4, -0.2) is 18.2 Å². The SMILES string of the molecule is COc1cc(C(=O)O)ccc1OCc1ccc(F)c(Cl)c1. The second kappa shape index (κ2) is 6.45. The molecule has 0 fully saturated rings. The van der Waals surface area contributed by atoms with Crippen LogP contribution in [0.15, 0.2) is 36.4 Å². The van der Waals surface area contributed by atoms with Crippen LogP contribution in [-0.2, 0) is 6.61 Å². The first kappa shape index (κ1) is 15.1. The summed E-state index contributed by atoms with van der Waals surface area (Å²) >= 11 is 5.69. The van der Waals surface area contributed by atoms with Crippen molar-refractivity contribution in [1.82, 2.24) is 0 Å². The minimum Gasteiger partial charge on any atom is -0.493 e. The molecule has 0 amide bonds. The van der Waals surface area contributed by atoms with Crippen molar-refractivity contribution in [1.29, 1.82) is 0 Å². The van der Waals surface area contributed by atoms with Crippen LogP contribution in [0, 0.1) is 5.82 Å². The highest BCUT2D eigenvalue weighted by molar-refractivity contribution is 6.30. The van der Waals surface area contributed by atoms with Gasteiger partial charge >= 0.3 is 5.97 Å². The highest BCUT2D eigenvalue weighted by Crippen LogP contribution is 2.29. The van der Waals surface area contributed by atoms with Gasteiger partial charge in [-0.3, -0.25) is 0 Å². The van der Waals surface area contributed by atoms with Gasteiger partial charge in [-0.15, -0.1) is 0 Å². The Labute approximate surface area is 125 Å². The lowest BCUT2D eigenvalue weighted by atomic mass is 10.2. The third kappa shape index (κ3) is 3.64. The zero-order valence-electron chi connectivity index (χ0n) is 11.1. The number of carbonyl (C=O) groups is 1. The van der Waals surface area contributed by atoms with Gasteiger partial charge in [-0.2, -0.15) is 0 Å². The number of aromatic carboxylic acids is 1. The van der Waals surface area contributed by atoms with Crippen LogP contribution in [0.2, 0.25) is 5.02 Å². The van der Waals surface area contributed by atoms with E-state index in [0.29, 0.717) is 17.1 Å². The first-order chi connectivity index (χ1) is 10.0. The summed E-state index contributed by atoms with van der Waals surface area (Å²) in [7, 11) is 1.42. The molecule has 0 aliphatic rings. The maximum absolute atomic E-state index is 13.1. The normalized spacial score (nSPS) is 10.2. The number of benzene rings is 2. The minimum absolute atomic E-state index is 0.0179. The molecule has 0 bridgehead atoms. The van der Waals surface area contributed by atoms with Crippen LogP contribution in [0.25, 0.3) is 0 Å². The average Bonchev–Trinajstić information content (AvgIpc) is 2.48. The van der Waals surface area contributed by atoms with Crippen LogP contribution in [0.5, 0.6) is 11.5 Å². The average molecular weight is 311 g/mol. The van der Waals surface area contributed by atoms with Crippen molar-refractivity contribution < 1.29 is 23.8 Å². The molecular formula is C15H12ClFO4. The maximum Gasteiger partial charge on any atom is 0.335 e. The Kier molecular flexibility index (Phi) is 4.65. The fourth-order valence-electron chi connectivity index (χ4n) is 1.71. The van der Waals surface area contributed by atoms with Gasteiger partial charge in [0.25, 0.3) is 0 Å². The summed E-state index contributed by atoms with van der Waals surface area (Å²) in [6, 6.07) is 8.57. The quantitative estimate of drug-likeness (QED) is 0.913. The number of rotatable bonds is 5. The molecular weight excluding hydrogens is 299 g/mol. The third-order valence-electron chi connectivity index (χ3n) is 2.79. The first-order valence-electron chi connectivity index (χ1n) is 5.99. The number of methoxy groups -OCH3 is 1. The summed E-state index contributed by atoms with van der Waals surface area (Å²) in [5.74, 6) is -0.847. The number of carboxylic acid groups (broad SMARTS) is 1. The highest BCUT2D eigenvalue weighted by Gasteiger charge is 2.10. The van der Waals surface area contributed by atoms with E-state index in [-0.39, 0.29) is 17.2 Å². The second-order valence-corrected chi connectivity index (χ2v) is 4.62. The van der Waals surface area contributed by atoms with Crippen molar-refractivity contribution in [3.05, 3.63) is 58.4 Å². The predicted octanol–water partition coefficient (Wildman–Crippen LogP) is 3.76. The van der Waals surface area contributed by atoms with E-state index in [4.69, 9.17) is 26.2 Å². The lowest BCUT2D eigenvalue weighted by Gasteiger charge is -2.11. The van der Waals surface area contributed by atoms with E-state index in [1.807, 2.05) is 0 Å². The van der Waals surface area contributed by atoms with E-state index in [2.05, 4.69) is 0 Å². The third-order valence-corrected chi connectivity index (χ3v) is 3.08. The van der Waals surface area contributed by atoms with Crippen LogP contribution in [0.1, 0.15) is 15.9 Å². The van der Waals surface area contributed by atoms with Crippen molar-refractivity contribution in [2.24, 2.45) is 0 Å². The number of carboxylic acids is 1. The molecule has 0 saturated heterocycles. The molecule has 1 N–H and O–H groups in total. The first-order valence-corrected chi connectivity index (χ1v) is 6.37. The highest BCUT2D eigenvalue weighted by atomic mass is 35.5. The van der Waals surface area contributed by atoms with E-state index < -0.39 is 11.8 Å². The van der Waals surface area contributed by atoms with Gasteiger partial charge in [0, 0.05) is 0 Å². The van der Waals surface area contributed by atoms with E-state index in [1.165, 1.54) is 37.4 Å². The summed E-state index contributed by atoms with van der Waals surface area (Å²) in [6.07, 6.45) is 0. The molecule has 0 aliphatic carbocycles. The van der Waals surface area contributed by atoms with Gasteiger partial charge < -0.3 is 14.6 Å². The molecule has 6 heteroatoms. The fraction of sp³-hybridized carbons (Fsp3) is 0.133. The fourth-order valence-corrected chi connectivity index (χ4v) is 1.91. The van der Waals surface area contributed by atoms with E-state index >= 15 is 0 Å². The molecule has 0 saturated carbocycles. The van der Waals surface area contributed by atoms with Gasteiger partial charge in [-0.25, -0.2) is 9.18 Å². The Bertz CT molecular complexity index is 673. The molecule has 2 rings (SSSR count). The molecule has 0 aromatic heterocycles. The standard InChI is InChI=1S/C15H12ClFO4/c1-20-14-7-10(15(18)19)3-5-13(14)21-8-9-2-4-12(17)11(16)6-9/h2-7H,8H2,1H3,(H,18,19). The number of halogens is 2. The van der Waals surface area contributed by atoms with Crippen molar-refractivity contribution >= 4 is 17.6 Å². The van der Waals surface area contributed by atoms with Crippen molar-refractivity contribution in [3.8, 4) is 11.5 Å². The molecule has 110 valence electrons. The van der Waals surface area contributed by atoms with E-state index in [1.54, 1.807) is 6.07 Å². The molecule has 0 atom stereocenters. The lowest BCUT2D eigenvalue weighted by Crippen LogP contribution is -2.01. The molecule has 0 unspecified atom stereocenters. The smallest absolute Gasteiger partial charge is 0.335 e. The van der Waals surface area contributed by atoms with Crippen LogP contribution < -0.4 is 9.47 Å². The predicted molar refractivity (Wildman–Crippen MR) is 75.7 cm³/mol. The molecule has 4 nitrogen and oxygen atoms in total. The topological polar surface area (TPSA) is 55.8 Å². The van der Waals surface area contributed by atoms with Gasteiger partial charge in [-0.05, 0) is 35.9 Å². The zero-order chi connectivity index (χ0) is 15.4. The maximum atomic E-state index is 13.1. The summed E-state index contributed by atoms with van der Waals surface area (Å²) in [5, 5.41) is 8.93. The Morgan fingerprint density at radius 1 is 1.24 bits per heavy atom. The van der Waals surface area contributed by atoms with Gasteiger partial charge in [-0.1, -0.05) is 17.7 Å². The van der Waals surface area contributed by atoms with E-state index in [9.17, 15) is 9.18 Å². The summed E-state index contributed by atoms with van der Waals surface area (Å²) < 4.78 is 23.7. The van der Waals surface area contributed by atoms with Gasteiger partial charge in [0.15, 0.2) is 11.5 Å². The molecule has 0 spiro atoms. The molecule has 0 heterocycles. The lowest BCUT2D eigenvalue weighted by molar-refractivity contribution is 0.0696. The molecule has 2 aromatic carbocycles. The van der Waals surface area contributed by atoms with Gasteiger partial charge in [0.05, 0.1) is 17.7 Å². The minimum atomic E-state index is -1.05. The largest absolute Gasteiger partial charge is 0.493 e. The Balaban J connectivity index is 2.15. The molecule has 21 heavy (non-hydrogen) atoms. The Morgan fingerprint density at radius 3 is 2.62 bits per heavy atom. The van der Waals surface area contributed by atoms with E-state index in [0.717, 1.165) is 0 Å². The summed E-state index contributed by atoms with van der Waals surface area (Å²) in [6.45, 7) is 0.156. The van der Waals surface area contributed by atoms with Crippen LogP contribution in [0.3, 0.4) is 0 Å². The monoisotopic (exact) mass is 310 g/mol. The number of hydrogen-bond acceptors (Lipinski definition) is 3. The Hall–Kier alpha value is -2.27. The number of ether oxygens (including phenoxy) is 2. The Morgan fingerprint density at radius 2 is 2.00 bits per heavy atom. The molecule has 0 radical (unpaired) electrons. The zero-order valence-corrected chi connectivity index (χ0v) is 11.9. The van der Waals surface area contributed by atoms with Crippen LogP contribution >= 0.6 is 11.6 Å². The molecule has 2 aromatic rings. The van der Waals surface area contributed by atoms with Crippen molar-refractivity contribution in [2.45, 2.75) is 6.61 Å². The summed E-state index contributed by atoms with van der Waals surface area (Å²) in [5.41, 5.74) is 0.787. The molecule has 0 aliphatic heterocycles. The summed E-state index contributed by atoms with van der Waals surface area (Å²) in [4.78, 5) is 10.9. The van der Waals surface area contributed by atoms with Crippen molar-refractivity contribution in [2.75, 3.05) is 7.11 Å². The second-order valence-electron chi connectivity index (χ2n) is 4.21.